The fourth-order valence-electron chi connectivity index (χ4n) is 2.77. The zero-order valence-electron chi connectivity index (χ0n) is 15.0. The van der Waals surface area contributed by atoms with Crippen LogP contribution in [0.15, 0.2) is 73.3 Å². The monoisotopic (exact) mass is 348 g/mol. The SMILES string of the molecule is CN(CCCc1ccccc1)C(=O)Nc1ccc(Cn2ccnc2)cc1. The molecule has 0 bridgehead atoms. The third kappa shape index (κ3) is 5.21. The van der Waals surface area contributed by atoms with Crippen molar-refractivity contribution in [2.24, 2.45) is 0 Å². The average Bonchev–Trinajstić information content (AvgIpc) is 3.17. The Morgan fingerprint density at radius 1 is 1.08 bits per heavy atom. The van der Waals surface area contributed by atoms with Crippen LogP contribution in [0.2, 0.25) is 0 Å². The highest BCUT2D eigenvalue weighted by molar-refractivity contribution is 5.89. The lowest BCUT2D eigenvalue weighted by atomic mass is 10.1. The summed E-state index contributed by atoms with van der Waals surface area (Å²) < 4.78 is 2.01. The molecule has 0 radical (unpaired) electrons. The quantitative estimate of drug-likeness (QED) is 0.701. The number of anilines is 1. The number of hydrogen-bond acceptors (Lipinski definition) is 2. The average molecular weight is 348 g/mol. The van der Waals surface area contributed by atoms with Crippen molar-refractivity contribution in [3.63, 3.8) is 0 Å². The Bertz CT molecular complexity index is 798. The molecule has 134 valence electrons. The molecule has 0 unspecified atom stereocenters. The number of hydrogen-bond donors (Lipinski definition) is 1. The van der Waals surface area contributed by atoms with Crippen molar-refractivity contribution >= 4 is 11.7 Å². The number of rotatable bonds is 7. The van der Waals surface area contributed by atoms with Crippen LogP contribution in [0.25, 0.3) is 0 Å². The van der Waals surface area contributed by atoms with E-state index < -0.39 is 0 Å². The molecule has 3 aromatic rings. The lowest BCUT2D eigenvalue weighted by Crippen LogP contribution is -2.32. The summed E-state index contributed by atoms with van der Waals surface area (Å²) in [6.07, 6.45) is 7.40. The Kier molecular flexibility index (Phi) is 6.04. The van der Waals surface area contributed by atoms with Gasteiger partial charge in [0.1, 0.15) is 0 Å². The van der Waals surface area contributed by atoms with E-state index in [1.54, 1.807) is 17.4 Å². The maximum Gasteiger partial charge on any atom is 0.321 e. The molecule has 0 saturated heterocycles. The first-order chi connectivity index (χ1) is 12.7. The zero-order chi connectivity index (χ0) is 18.2. The third-order valence-corrected chi connectivity index (χ3v) is 4.28. The highest BCUT2D eigenvalue weighted by atomic mass is 16.2. The molecule has 2 amide bonds. The van der Waals surface area contributed by atoms with Crippen molar-refractivity contribution in [3.05, 3.63) is 84.4 Å². The molecule has 1 N–H and O–H groups in total. The van der Waals surface area contributed by atoms with Crippen LogP contribution in [-0.2, 0) is 13.0 Å². The lowest BCUT2D eigenvalue weighted by Gasteiger charge is -2.18. The summed E-state index contributed by atoms with van der Waals surface area (Å²) in [4.78, 5) is 18.1. The van der Waals surface area contributed by atoms with Gasteiger partial charge in [-0.15, -0.1) is 0 Å². The minimum Gasteiger partial charge on any atom is -0.333 e. The third-order valence-electron chi connectivity index (χ3n) is 4.28. The van der Waals surface area contributed by atoms with Crippen molar-refractivity contribution < 1.29 is 4.79 Å². The van der Waals surface area contributed by atoms with E-state index in [-0.39, 0.29) is 6.03 Å². The molecule has 0 aliphatic rings. The first-order valence-corrected chi connectivity index (χ1v) is 8.81. The summed E-state index contributed by atoms with van der Waals surface area (Å²) in [7, 11) is 1.83. The molecule has 0 saturated carbocycles. The Balaban J connectivity index is 1.44. The van der Waals surface area contributed by atoms with Crippen LogP contribution in [0, 0.1) is 0 Å². The molecular weight excluding hydrogens is 324 g/mol. The number of aromatic nitrogens is 2. The van der Waals surface area contributed by atoms with Crippen LogP contribution in [-0.4, -0.2) is 34.1 Å². The van der Waals surface area contributed by atoms with E-state index in [1.165, 1.54) is 5.56 Å². The van der Waals surface area contributed by atoms with Crippen LogP contribution >= 0.6 is 0 Å². The standard InChI is InChI=1S/C21H24N4O/c1-24(14-5-8-18-6-3-2-4-7-18)21(26)23-20-11-9-19(10-12-20)16-25-15-13-22-17-25/h2-4,6-7,9-13,15,17H,5,8,14,16H2,1H3,(H,23,26). The normalized spacial score (nSPS) is 10.5. The summed E-state index contributed by atoms with van der Waals surface area (Å²) in [5.74, 6) is 0. The second kappa shape index (κ2) is 8.85. The predicted molar refractivity (Wildman–Crippen MR) is 104 cm³/mol. The highest BCUT2D eigenvalue weighted by Gasteiger charge is 2.08. The largest absolute Gasteiger partial charge is 0.333 e. The van der Waals surface area contributed by atoms with Crippen molar-refractivity contribution in [3.8, 4) is 0 Å². The van der Waals surface area contributed by atoms with Crippen LogP contribution in [0.4, 0.5) is 10.5 Å². The summed E-state index contributed by atoms with van der Waals surface area (Å²) in [5.41, 5.74) is 3.27. The Labute approximate surface area is 154 Å². The van der Waals surface area contributed by atoms with Gasteiger partial charge in [0.15, 0.2) is 0 Å². The van der Waals surface area contributed by atoms with Crippen molar-refractivity contribution in [2.75, 3.05) is 18.9 Å². The number of carbonyl (C=O) groups is 1. The topological polar surface area (TPSA) is 50.2 Å². The predicted octanol–water partition coefficient (Wildman–Crippen LogP) is 4.03. The van der Waals surface area contributed by atoms with E-state index >= 15 is 0 Å². The van der Waals surface area contributed by atoms with Gasteiger partial charge >= 0.3 is 6.03 Å². The molecule has 5 heteroatoms. The van der Waals surface area contributed by atoms with Crippen LogP contribution < -0.4 is 5.32 Å². The number of urea groups is 1. The molecule has 0 aliphatic heterocycles. The molecule has 0 fully saturated rings. The summed E-state index contributed by atoms with van der Waals surface area (Å²) in [6, 6.07) is 18.2. The smallest absolute Gasteiger partial charge is 0.321 e. The van der Waals surface area contributed by atoms with E-state index in [2.05, 4.69) is 22.4 Å². The van der Waals surface area contributed by atoms with Crippen LogP contribution in [0.1, 0.15) is 17.5 Å². The molecule has 0 aliphatic carbocycles. The highest BCUT2D eigenvalue weighted by Crippen LogP contribution is 2.12. The maximum atomic E-state index is 12.3. The molecule has 5 nitrogen and oxygen atoms in total. The minimum atomic E-state index is -0.0829. The molecule has 2 aromatic carbocycles. The van der Waals surface area contributed by atoms with E-state index in [0.29, 0.717) is 0 Å². The summed E-state index contributed by atoms with van der Waals surface area (Å²) in [5, 5.41) is 2.94. The lowest BCUT2D eigenvalue weighted by molar-refractivity contribution is 0.222. The fourth-order valence-corrected chi connectivity index (χ4v) is 2.77. The van der Waals surface area contributed by atoms with E-state index in [4.69, 9.17) is 0 Å². The number of carbonyl (C=O) groups excluding carboxylic acids is 1. The van der Waals surface area contributed by atoms with Gasteiger partial charge in [0.25, 0.3) is 0 Å². The Hall–Kier alpha value is -3.08. The van der Waals surface area contributed by atoms with Gasteiger partial charge in [0.05, 0.1) is 6.33 Å². The second-order valence-electron chi connectivity index (χ2n) is 6.37. The van der Waals surface area contributed by atoms with E-state index in [0.717, 1.165) is 37.2 Å². The number of nitrogens with zero attached hydrogens (tertiary/aromatic N) is 3. The van der Waals surface area contributed by atoms with Crippen LogP contribution in [0.5, 0.6) is 0 Å². The Morgan fingerprint density at radius 3 is 2.54 bits per heavy atom. The van der Waals surface area contributed by atoms with Crippen molar-refractivity contribution in [1.82, 2.24) is 14.5 Å². The van der Waals surface area contributed by atoms with Crippen molar-refractivity contribution in [2.45, 2.75) is 19.4 Å². The van der Waals surface area contributed by atoms with E-state index in [9.17, 15) is 4.79 Å². The summed E-state index contributed by atoms with van der Waals surface area (Å²) in [6.45, 7) is 1.49. The van der Waals surface area contributed by atoms with Crippen LogP contribution in [0.3, 0.4) is 0 Å². The summed E-state index contributed by atoms with van der Waals surface area (Å²) >= 11 is 0. The number of benzene rings is 2. The van der Waals surface area contributed by atoms with Gasteiger partial charge in [-0.05, 0) is 36.1 Å². The number of amides is 2. The molecule has 3 rings (SSSR count). The molecular formula is C21H24N4O. The molecule has 0 atom stereocenters. The molecule has 1 heterocycles. The van der Waals surface area contributed by atoms with Gasteiger partial charge in [-0.25, -0.2) is 9.78 Å². The van der Waals surface area contributed by atoms with Gasteiger partial charge in [0, 0.05) is 38.2 Å². The van der Waals surface area contributed by atoms with Gasteiger partial charge < -0.3 is 14.8 Å². The molecule has 1 aromatic heterocycles. The Morgan fingerprint density at radius 2 is 1.85 bits per heavy atom. The maximum absolute atomic E-state index is 12.3. The van der Waals surface area contributed by atoms with Gasteiger partial charge in [-0.2, -0.15) is 0 Å². The van der Waals surface area contributed by atoms with Gasteiger partial charge in [0.2, 0.25) is 0 Å². The number of imidazole rings is 1. The second-order valence-corrected chi connectivity index (χ2v) is 6.37. The number of nitrogens with one attached hydrogen (secondary N) is 1. The van der Waals surface area contributed by atoms with Gasteiger partial charge in [-0.3, -0.25) is 0 Å². The first kappa shape index (κ1) is 17.7. The minimum absolute atomic E-state index is 0.0829. The molecule has 26 heavy (non-hydrogen) atoms. The fraction of sp³-hybridized carbons (Fsp3) is 0.238. The van der Waals surface area contributed by atoms with E-state index in [1.807, 2.05) is 60.3 Å². The van der Waals surface area contributed by atoms with Crippen molar-refractivity contribution in [1.29, 1.82) is 0 Å². The van der Waals surface area contributed by atoms with Gasteiger partial charge in [-0.1, -0.05) is 42.5 Å². The molecule has 0 spiro atoms. The first-order valence-electron chi connectivity index (χ1n) is 8.81. The number of aryl methyl sites for hydroxylation is 1. The zero-order valence-corrected chi connectivity index (χ0v) is 15.0.